The van der Waals surface area contributed by atoms with E-state index in [1.54, 1.807) is 0 Å². The van der Waals surface area contributed by atoms with Gasteiger partial charge in [-0.15, -0.1) is 10.2 Å². The van der Waals surface area contributed by atoms with Crippen LogP contribution in [0.3, 0.4) is 0 Å². The van der Waals surface area contributed by atoms with Crippen molar-refractivity contribution in [3.63, 3.8) is 0 Å². The lowest BCUT2D eigenvalue weighted by Crippen LogP contribution is -2.02. The maximum Gasteiger partial charge on any atom is 0.356 e. The number of rotatable bonds is 10. The summed E-state index contributed by atoms with van der Waals surface area (Å²) in [6, 6.07) is 6.28. The van der Waals surface area contributed by atoms with E-state index in [4.69, 9.17) is 10.2 Å². The van der Waals surface area contributed by atoms with Crippen LogP contribution in [-0.4, -0.2) is 68.5 Å². The summed E-state index contributed by atoms with van der Waals surface area (Å²) in [5.74, 6) is -3.06. The number of azo groups is 2. The summed E-state index contributed by atoms with van der Waals surface area (Å²) >= 11 is 0. The Morgan fingerprint density at radius 2 is 0.977 bits per heavy atom. The molecular weight excluding hydrogens is 632 g/mol. The summed E-state index contributed by atoms with van der Waals surface area (Å²) < 4.78 is 67.8. The molecule has 2 aromatic carbocycles. The Labute approximate surface area is 243 Å². The molecule has 0 radical (unpaired) electrons. The van der Waals surface area contributed by atoms with Gasteiger partial charge in [0.15, 0.2) is 22.8 Å². The SMILES string of the molecule is O=C(O)c1[nH][nH]c(=O)c1N=Nc1ccc(/C=C/c2ccc(N=Nc3c(C(=O)O)[nH][nH]c3=O)cc2S(=O)(=O)O)c(S(=O)(=O)O)c1. The topological polar surface area (TPSA) is 330 Å². The standard InChI is InChI=1S/C22H16N8O12S2/c31-19-15(17(21(33)34)27-29-19)25-23-11-5-3-9(13(7-11)43(37,38)39)1-2-10-4-6-12(8-14(10)44(40,41)42)24-26-16-18(22(35)36)28-30-20(16)32/h1-8H,(H,33,34)(H,35,36)(H2,27,29,31)(H2,28,30,32)(H,37,38,39)(H,40,41,42)/b2-1+,25-23?,26-24?. The third kappa shape index (κ3) is 6.79. The van der Waals surface area contributed by atoms with E-state index in [9.17, 15) is 45.1 Å². The number of carbonyl (C=O) groups is 2. The van der Waals surface area contributed by atoms with Crippen LogP contribution in [0.2, 0.25) is 0 Å². The molecule has 0 saturated heterocycles. The van der Waals surface area contributed by atoms with Gasteiger partial charge in [-0.3, -0.25) is 39.1 Å². The number of nitrogens with one attached hydrogen (secondary N) is 4. The monoisotopic (exact) mass is 648 g/mol. The van der Waals surface area contributed by atoms with Crippen molar-refractivity contribution in [1.29, 1.82) is 0 Å². The number of aromatic carboxylic acids is 2. The van der Waals surface area contributed by atoms with E-state index in [0.717, 1.165) is 36.4 Å². The van der Waals surface area contributed by atoms with Crippen molar-refractivity contribution in [1.82, 2.24) is 20.4 Å². The van der Waals surface area contributed by atoms with E-state index in [0.29, 0.717) is 0 Å². The van der Waals surface area contributed by atoms with Crippen LogP contribution >= 0.6 is 0 Å². The molecule has 8 N–H and O–H groups in total. The first-order valence-electron chi connectivity index (χ1n) is 11.4. The molecule has 0 aliphatic carbocycles. The largest absolute Gasteiger partial charge is 0.476 e. The maximum atomic E-state index is 12.1. The number of aromatic amines is 4. The summed E-state index contributed by atoms with van der Waals surface area (Å²) in [6.07, 6.45) is 2.13. The van der Waals surface area contributed by atoms with E-state index in [1.165, 1.54) is 12.1 Å². The van der Waals surface area contributed by atoms with Crippen molar-refractivity contribution < 1.29 is 45.7 Å². The van der Waals surface area contributed by atoms with E-state index in [1.807, 2.05) is 10.2 Å². The Kier molecular flexibility index (Phi) is 8.34. The molecule has 0 fully saturated rings. The zero-order valence-electron chi connectivity index (χ0n) is 21.3. The molecule has 20 nitrogen and oxygen atoms in total. The van der Waals surface area contributed by atoms with Gasteiger partial charge >= 0.3 is 11.9 Å². The van der Waals surface area contributed by atoms with Crippen LogP contribution in [0.5, 0.6) is 0 Å². The van der Waals surface area contributed by atoms with Crippen molar-refractivity contribution in [3.8, 4) is 0 Å². The predicted octanol–water partition coefficient (Wildman–Crippen LogP) is 2.61. The molecule has 0 saturated carbocycles. The van der Waals surface area contributed by atoms with Gasteiger partial charge in [0.2, 0.25) is 0 Å². The molecule has 2 heterocycles. The second kappa shape index (κ2) is 11.8. The Morgan fingerprint density at radius 1 is 0.614 bits per heavy atom. The highest BCUT2D eigenvalue weighted by Crippen LogP contribution is 2.29. The fourth-order valence-corrected chi connectivity index (χ4v) is 4.90. The molecule has 4 rings (SSSR count). The Morgan fingerprint density at radius 3 is 1.30 bits per heavy atom. The molecular formula is C22H16N8O12S2. The van der Waals surface area contributed by atoms with Crippen molar-refractivity contribution in [2.45, 2.75) is 9.79 Å². The minimum atomic E-state index is -4.94. The summed E-state index contributed by atoms with van der Waals surface area (Å²) in [5.41, 5.74) is -5.16. The van der Waals surface area contributed by atoms with Crippen molar-refractivity contribution in [3.05, 3.63) is 79.6 Å². The smallest absolute Gasteiger partial charge is 0.356 e. The fraction of sp³-hybridized carbons (Fsp3) is 0. The van der Waals surface area contributed by atoms with Crippen LogP contribution in [0.4, 0.5) is 22.7 Å². The van der Waals surface area contributed by atoms with Gasteiger partial charge in [0, 0.05) is 0 Å². The van der Waals surface area contributed by atoms with Crippen molar-refractivity contribution in [2.24, 2.45) is 20.5 Å². The van der Waals surface area contributed by atoms with Crippen molar-refractivity contribution in [2.75, 3.05) is 0 Å². The lowest BCUT2D eigenvalue weighted by Gasteiger charge is -2.06. The van der Waals surface area contributed by atoms with Gasteiger partial charge in [-0.2, -0.15) is 27.1 Å². The van der Waals surface area contributed by atoms with Crippen LogP contribution < -0.4 is 11.1 Å². The summed E-state index contributed by atoms with van der Waals surface area (Å²) in [7, 11) is -9.88. The Bertz CT molecular complexity index is 2080. The minimum Gasteiger partial charge on any atom is -0.476 e. The second-order valence-electron chi connectivity index (χ2n) is 8.34. The van der Waals surface area contributed by atoms with E-state index in [-0.39, 0.29) is 22.5 Å². The number of benzene rings is 2. The first-order valence-corrected chi connectivity index (χ1v) is 14.3. The molecule has 0 spiro atoms. The number of nitrogens with zero attached hydrogens (tertiary/aromatic N) is 4. The average molecular weight is 649 g/mol. The molecule has 0 bridgehead atoms. The zero-order chi connectivity index (χ0) is 32.4. The van der Waals surface area contributed by atoms with Gasteiger partial charge in [0.05, 0.1) is 11.4 Å². The third-order valence-corrected chi connectivity index (χ3v) is 7.28. The highest BCUT2D eigenvalue weighted by Gasteiger charge is 2.20. The van der Waals surface area contributed by atoms with Crippen LogP contribution in [0.1, 0.15) is 32.1 Å². The van der Waals surface area contributed by atoms with Crippen LogP contribution in [0.25, 0.3) is 12.2 Å². The van der Waals surface area contributed by atoms with Gasteiger partial charge in [0.1, 0.15) is 9.79 Å². The van der Waals surface area contributed by atoms with Gasteiger partial charge < -0.3 is 10.2 Å². The molecule has 4 aromatic rings. The van der Waals surface area contributed by atoms with Crippen molar-refractivity contribution >= 4 is 67.1 Å². The number of hydrogen-bond acceptors (Lipinski definition) is 12. The van der Waals surface area contributed by atoms with Crippen LogP contribution in [0, 0.1) is 0 Å². The quantitative estimate of drug-likeness (QED) is 0.0698. The summed E-state index contributed by atoms with van der Waals surface area (Å²) in [6.45, 7) is 0. The number of carboxylic acid groups (broad SMARTS) is 2. The van der Waals surface area contributed by atoms with E-state index >= 15 is 0 Å². The Hall–Kier alpha value is -5.84. The number of aromatic nitrogens is 4. The van der Waals surface area contributed by atoms with Gasteiger partial charge in [-0.25, -0.2) is 9.59 Å². The van der Waals surface area contributed by atoms with Gasteiger partial charge in [-0.05, 0) is 35.4 Å². The predicted molar refractivity (Wildman–Crippen MR) is 147 cm³/mol. The minimum absolute atomic E-state index is 0.199. The number of H-pyrrole nitrogens is 4. The van der Waals surface area contributed by atoms with Crippen LogP contribution in [0.15, 0.2) is 76.2 Å². The maximum absolute atomic E-state index is 12.1. The highest BCUT2D eigenvalue weighted by atomic mass is 32.2. The normalized spacial score (nSPS) is 12.5. The molecule has 0 amide bonds. The average Bonchev–Trinajstić information content (AvgIpc) is 3.50. The zero-order valence-corrected chi connectivity index (χ0v) is 22.9. The van der Waals surface area contributed by atoms with Gasteiger partial charge in [0.25, 0.3) is 31.4 Å². The highest BCUT2D eigenvalue weighted by molar-refractivity contribution is 7.86. The Balaban J connectivity index is 1.71. The molecule has 22 heteroatoms. The third-order valence-electron chi connectivity index (χ3n) is 5.46. The van der Waals surface area contributed by atoms with E-state index in [2.05, 4.69) is 30.7 Å². The fourth-order valence-electron chi connectivity index (χ4n) is 3.49. The molecule has 0 unspecified atom stereocenters. The molecule has 0 aliphatic heterocycles. The molecule has 0 atom stereocenters. The lowest BCUT2D eigenvalue weighted by molar-refractivity contribution is 0.0680. The second-order valence-corrected chi connectivity index (χ2v) is 11.1. The lowest BCUT2D eigenvalue weighted by atomic mass is 10.1. The molecule has 44 heavy (non-hydrogen) atoms. The molecule has 228 valence electrons. The van der Waals surface area contributed by atoms with Crippen LogP contribution in [-0.2, 0) is 20.2 Å². The molecule has 0 aliphatic rings. The molecule has 2 aromatic heterocycles. The first-order chi connectivity index (χ1) is 20.6. The number of hydrogen-bond donors (Lipinski definition) is 8. The van der Waals surface area contributed by atoms with Gasteiger partial charge in [-0.1, -0.05) is 24.3 Å². The summed E-state index contributed by atoms with van der Waals surface area (Å²) in [4.78, 5) is 44.4. The summed E-state index contributed by atoms with van der Waals surface area (Å²) in [5, 5.41) is 40.7. The van der Waals surface area contributed by atoms with E-state index < -0.39 is 75.8 Å². The first kappa shape index (κ1) is 31.1. The number of carboxylic acids is 2.